The summed E-state index contributed by atoms with van der Waals surface area (Å²) < 4.78 is 7.44. The Balaban J connectivity index is 0.00000338. The summed E-state index contributed by atoms with van der Waals surface area (Å²) in [5.74, 6) is 1.61. The molecule has 1 aliphatic heterocycles. The molecule has 2 atom stereocenters. The maximum absolute atomic E-state index is 5.59. The number of likely N-dealkylation sites (N-methyl/N-ethyl adjacent to an activating group) is 1. The molecule has 0 bridgehead atoms. The lowest BCUT2D eigenvalue weighted by Crippen LogP contribution is -2.41. The fourth-order valence-corrected chi connectivity index (χ4v) is 3.22. The Morgan fingerprint density at radius 1 is 1.46 bits per heavy atom. The Labute approximate surface area is 175 Å². The van der Waals surface area contributed by atoms with Crippen LogP contribution in [0.2, 0.25) is 0 Å². The number of aryl methyl sites for hydroxylation is 1. The quantitative estimate of drug-likeness (QED) is 0.352. The van der Waals surface area contributed by atoms with E-state index in [1.54, 1.807) is 0 Å². The van der Waals surface area contributed by atoms with E-state index >= 15 is 0 Å². The van der Waals surface area contributed by atoms with Crippen molar-refractivity contribution in [1.29, 1.82) is 0 Å². The average molecular weight is 478 g/mol. The van der Waals surface area contributed by atoms with Crippen molar-refractivity contribution in [2.75, 3.05) is 53.5 Å². The molecule has 2 rings (SSSR count). The van der Waals surface area contributed by atoms with E-state index in [0.29, 0.717) is 12.5 Å². The lowest BCUT2D eigenvalue weighted by molar-refractivity contribution is 0.114. The van der Waals surface area contributed by atoms with Gasteiger partial charge in [0.1, 0.15) is 0 Å². The Hall–Kier alpha value is -0.870. The molecule has 1 aromatic heterocycles. The first-order chi connectivity index (χ1) is 12.0. The minimum atomic E-state index is 0. The van der Waals surface area contributed by atoms with Crippen molar-refractivity contribution in [2.45, 2.75) is 26.3 Å². The standard InChI is InChI=1S/C18H34N6O.HI/c1-6-19-18(24-9-8-15(12-24)14-25-7-2)20-11-17(22(3)4)16-10-21-23(5)13-16;/h10,13,15,17H,6-9,11-12,14H2,1-5H3,(H,19,20);1H. The van der Waals surface area contributed by atoms with E-state index in [-0.39, 0.29) is 30.0 Å². The predicted octanol–water partition coefficient (Wildman–Crippen LogP) is 1.96. The number of ether oxygens (including phenoxy) is 1. The van der Waals surface area contributed by atoms with Crippen LogP contribution in [-0.2, 0) is 11.8 Å². The molecule has 0 saturated carbocycles. The van der Waals surface area contributed by atoms with Gasteiger partial charge in [-0.25, -0.2) is 0 Å². The van der Waals surface area contributed by atoms with Gasteiger partial charge in [-0.3, -0.25) is 9.67 Å². The van der Waals surface area contributed by atoms with Gasteiger partial charge in [0.15, 0.2) is 5.96 Å². The molecule has 150 valence electrons. The fraction of sp³-hybridized carbons (Fsp3) is 0.778. The zero-order valence-corrected chi connectivity index (χ0v) is 19.1. The van der Waals surface area contributed by atoms with E-state index in [2.05, 4.69) is 54.4 Å². The van der Waals surface area contributed by atoms with Gasteiger partial charge >= 0.3 is 0 Å². The number of hydrogen-bond acceptors (Lipinski definition) is 4. The SMILES string of the molecule is CCNC(=NCC(c1cnn(C)c1)N(C)C)N1CCC(COCC)C1.I. The summed E-state index contributed by atoms with van der Waals surface area (Å²) >= 11 is 0. The first-order valence-corrected chi connectivity index (χ1v) is 9.31. The number of aliphatic imine (C=N–C) groups is 1. The molecule has 1 saturated heterocycles. The summed E-state index contributed by atoms with van der Waals surface area (Å²) in [6.45, 7) is 9.47. The van der Waals surface area contributed by atoms with Crippen molar-refractivity contribution < 1.29 is 4.74 Å². The Morgan fingerprint density at radius 3 is 2.81 bits per heavy atom. The Bertz CT molecular complexity index is 548. The molecular weight excluding hydrogens is 443 g/mol. The zero-order chi connectivity index (χ0) is 18.2. The van der Waals surface area contributed by atoms with E-state index in [0.717, 1.165) is 38.8 Å². The van der Waals surface area contributed by atoms with Crippen LogP contribution in [0.5, 0.6) is 0 Å². The second kappa shape index (κ2) is 11.8. The van der Waals surface area contributed by atoms with Crippen LogP contribution in [0, 0.1) is 5.92 Å². The van der Waals surface area contributed by atoms with Crippen LogP contribution < -0.4 is 5.32 Å². The maximum atomic E-state index is 5.59. The van der Waals surface area contributed by atoms with E-state index in [1.165, 1.54) is 12.0 Å². The molecule has 0 spiro atoms. The molecule has 2 heterocycles. The molecule has 1 aliphatic rings. The fourth-order valence-electron chi connectivity index (χ4n) is 3.22. The van der Waals surface area contributed by atoms with Crippen LogP contribution in [-0.4, -0.2) is 79.0 Å². The predicted molar refractivity (Wildman–Crippen MR) is 117 cm³/mol. The van der Waals surface area contributed by atoms with Crippen LogP contribution in [0.3, 0.4) is 0 Å². The monoisotopic (exact) mass is 478 g/mol. The summed E-state index contributed by atoms with van der Waals surface area (Å²) in [7, 11) is 6.13. The summed E-state index contributed by atoms with van der Waals surface area (Å²) in [6.07, 6.45) is 5.17. The molecule has 0 aliphatic carbocycles. The van der Waals surface area contributed by atoms with Crippen LogP contribution in [0.4, 0.5) is 0 Å². The topological polar surface area (TPSA) is 57.9 Å². The van der Waals surface area contributed by atoms with Crippen molar-refractivity contribution in [3.63, 3.8) is 0 Å². The second-order valence-electron chi connectivity index (χ2n) is 6.88. The molecular formula is C18H35IN6O. The zero-order valence-electron chi connectivity index (χ0n) is 16.8. The third-order valence-electron chi connectivity index (χ3n) is 4.62. The smallest absolute Gasteiger partial charge is 0.193 e. The molecule has 1 aromatic rings. The lowest BCUT2D eigenvalue weighted by Gasteiger charge is -2.25. The highest BCUT2D eigenvalue weighted by molar-refractivity contribution is 14.0. The number of halogens is 1. The number of nitrogens with one attached hydrogen (secondary N) is 1. The van der Waals surface area contributed by atoms with Gasteiger partial charge in [0.2, 0.25) is 0 Å². The third kappa shape index (κ3) is 6.70. The highest BCUT2D eigenvalue weighted by atomic mass is 127. The third-order valence-corrected chi connectivity index (χ3v) is 4.62. The van der Waals surface area contributed by atoms with E-state index in [4.69, 9.17) is 9.73 Å². The second-order valence-corrected chi connectivity index (χ2v) is 6.88. The molecule has 0 aromatic carbocycles. The number of hydrogen-bond donors (Lipinski definition) is 1. The first-order valence-electron chi connectivity index (χ1n) is 9.31. The average Bonchev–Trinajstić information content (AvgIpc) is 3.21. The van der Waals surface area contributed by atoms with Crippen LogP contribution in [0.1, 0.15) is 31.9 Å². The highest BCUT2D eigenvalue weighted by Gasteiger charge is 2.25. The molecule has 2 unspecified atom stereocenters. The van der Waals surface area contributed by atoms with Crippen LogP contribution in [0.15, 0.2) is 17.4 Å². The van der Waals surface area contributed by atoms with E-state index in [1.807, 2.05) is 17.9 Å². The summed E-state index contributed by atoms with van der Waals surface area (Å²) in [6, 6.07) is 0.226. The Morgan fingerprint density at radius 2 is 2.23 bits per heavy atom. The first kappa shape index (κ1) is 23.2. The minimum absolute atomic E-state index is 0. The number of nitrogens with zero attached hydrogens (tertiary/aromatic N) is 5. The number of aromatic nitrogens is 2. The van der Waals surface area contributed by atoms with Crippen molar-refractivity contribution in [1.82, 2.24) is 24.9 Å². The minimum Gasteiger partial charge on any atom is -0.381 e. The summed E-state index contributed by atoms with van der Waals surface area (Å²) in [4.78, 5) is 9.49. The van der Waals surface area contributed by atoms with Gasteiger partial charge in [0.25, 0.3) is 0 Å². The number of likely N-dealkylation sites (tertiary alicyclic amines) is 1. The van der Waals surface area contributed by atoms with Gasteiger partial charge in [-0.2, -0.15) is 5.10 Å². The van der Waals surface area contributed by atoms with Crippen LogP contribution in [0.25, 0.3) is 0 Å². The molecule has 7 nitrogen and oxygen atoms in total. The van der Waals surface area contributed by atoms with Crippen LogP contribution >= 0.6 is 24.0 Å². The molecule has 0 amide bonds. The van der Waals surface area contributed by atoms with Crippen molar-refractivity contribution in [3.05, 3.63) is 18.0 Å². The van der Waals surface area contributed by atoms with Crippen molar-refractivity contribution in [2.24, 2.45) is 18.0 Å². The van der Waals surface area contributed by atoms with Crippen molar-refractivity contribution in [3.8, 4) is 0 Å². The lowest BCUT2D eigenvalue weighted by atomic mass is 10.1. The van der Waals surface area contributed by atoms with Gasteiger partial charge in [-0.05, 0) is 34.4 Å². The van der Waals surface area contributed by atoms with Gasteiger partial charge in [-0.1, -0.05) is 0 Å². The number of rotatable bonds is 8. The molecule has 0 radical (unpaired) electrons. The normalized spacial score (nSPS) is 18.9. The molecule has 1 N–H and O–H groups in total. The highest BCUT2D eigenvalue weighted by Crippen LogP contribution is 2.19. The van der Waals surface area contributed by atoms with Gasteiger partial charge in [0.05, 0.1) is 25.4 Å². The number of guanidine groups is 1. The molecule has 26 heavy (non-hydrogen) atoms. The maximum Gasteiger partial charge on any atom is 0.193 e. The Kier molecular flexibility index (Phi) is 10.5. The largest absolute Gasteiger partial charge is 0.381 e. The van der Waals surface area contributed by atoms with E-state index < -0.39 is 0 Å². The van der Waals surface area contributed by atoms with Gasteiger partial charge in [-0.15, -0.1) is 24.0 Å². The molecule has 1 fully saturated rings. The van der Waals surface area contributed by atoms with Gasteiger partial charge in [0, 0.05) is 51.0 Å². The summed E-state index contributed by atoms with van der Waals surface area (Å²) in [5.41, 5.74) is 1.20. The molecule has 8 heteroatoms. The van der Waals surface area contributed by atoms with E-state index in [9.17, 15) is 0 Å². The van der Waals surface area contributed by atoms with Gasteiger partial charge < -0.3 is 19.9 Å². The summed E-state index contributed by atoms with van der Waals surface area (Å²) in [5, 5.41) is 7.75. The van der Waals surface area contributed by atoms with Crippen molar-refractivity contribution >= 4 is 29.9 Å².